The van der Waals surface area contributed by atoms with Crippen molar-refractivity contribution in [2.24, 2.45) is 4.99 Å². The topological polar surface area (TPSA) is 120 Å². The van der Waals surface area contributed by atoms with E-state index in [2.05, 4.69) is 9.98 Å². The van der Waals surface area contributed by atoms with Crippen molar-refractivity contribution in [2.75, 3.05) is 0 Å². The average Bonchev–Trinajstić information content (AvgIpc) is 3.14. The lowest BCUT2D eigenvalue weighted by Crippen LogP contribution is -2.02. The third kappa shape index (κ3) is 2.93. The number of aromatic hydroxyl groups is 1. The van der Waals surface area contributed by atoms with Gasteiger partial charge in [-0.2, -0.15) is 8.42 Å². The maximum atomic E-state index is 12.5. The first-order valence-electron chi connectivity index (χ1n) is 7.68. The summed E-state index contributed by atoms with van der Waals surface area (Å²) in [6.45, 7) is 0. The highest BCUT2D eigenvalue weighted by Gasteiger charge is 2.33. The molecule has 1 aliphatic rings. The molecule has 1 amide bonds. The summed E-state index contributed by atoms with van der Waals surface area (Å²) in [5, 5.41) is 10.9. The maximum absolute atomic E-state index is 12.5. The summed E-state index contributed by atoms with van der Waals surface area (Å²) < 4.78 is 31.4. The van der Waals surface area contributed by atoms with Gasteiger partial charge in [0, 0.05) is 10.6 Å². The van der Waals surface area contributed by atoms with E-state index < -0.39 is 16.0 Å². The van der Waals surface area contributed by atoms with Crippen molar-refractivity contribution >= 4 is 33.3 Å². The second kappa shape index (κ2) is 6.05. The number of carbonyl (C=O) groups excluding carboxylic acids is 1. The van der Waals surface area contributed by atoms with Crippen LogP contribution in [0.4, 0.5) is 0 Å². The van der Waals surface area contributed by atoms with Crippen LogP contribution in [-0.4, -0.2) is 34.7 Å². The van der Waals surface area contributed by atoms with Gasteiger partial charge in [-0.15, -0.1) is 0 Å². The predicted octanol–water partition coefficient (Wildman–Crippen LogP) is 3.28. The van der Waals surface area contributed by atoms with E-state index in [1.54, 1.807) is 24.3 Å². The van der Waals surface area contributed by atoms with Crippen LogP contribution < -0.4 is 0 Å². The van der Waals surface area contributed by atoms with Crippen molar-refractivity contribution in [2.45, 2.75) is 4.90 Å². The molecule has 2 heterocycles. The summed E-state index contributed by atoms with van der Waals surface area (Å²) in [4.78, 5) is 19.0. The number of hydrogen-bond donors (Lipinski definition) is 3. The molecule has 9 heteroatoms. The number of aliphatic imine (C=N–C) groups is 1. The van der Waals surface area contributed by atoms with Crippen LogP contribution in [0.2, 0.25) is 5.02 Å². The Kier molecular flexibility index (Phi) is 3.92. The number of aromatic amines is 1. The summed E-state index contributed by atoms with van der Waals surface area (Å²) in [5.74, 6) is -0.751. The Labute approximate surface area is 158 Å². The molecule has 0 fully saturated rings. The molecule has 0 spiro atoms. The van der Waals surface area contributed by atoms with Crippen LogP contribution in [0.1, 0.15) is 21.5 Å². The number of amides is 1. The first-order valence-corrected chi connectivity index (χ1v) is 9.49. The van der Waals surface area contributed by atoms with Gasteiger partial charge in [0.25, 0.3) is 16.0 Å². The zero-order valence-electron chi connectivity index (χ0n) is 13.5. The number of aromatic nitrogens is 1. The lowest BCUT2D eigenvalue weighted by Gasteiger charge is -2.03. The Bertz CT molecular complexity index is 1210. The number of rotatable bonds is 3. The molecule has 0 saturated heterocycles. The third-order valence-electron chi connectivity index (χ3n) is 4.20. The molecule has 1 aromatic heterocycles. The molecule has 0 aliphatic carbocycles. The van der Waals surface area contributed by atoms with E-state index in [1.807, 2.05) is 0 Å². The van der Waals surface area contributed by atoms with Crippen LogP contribution in [-0.2, 0) is 10.1 Å². The Balaban J connectivity index is 1.82. The van der Waals surface area contributed by atoms with Crippen LogP contribution in [0.3, 0.4) is 0 Å². The van der Waals surface area contributed by atoms with Gasteiger partial charge in [0.15, 0.2) is 5.88 Å². The molecule has 7 nitrogen and oxygen atoms in total. The van der Waals surface area contributed by atoms with Crippen LogP contribution >= 0.6 is 11.6 Å². The summed E-state index contributed by atoms with van der Waals surface area (Å²) in [7, 11) is -4.33. The van der Waals surface area contributed by atoms with Gasteiger partial charge in [-0.3, -0.25) is 9.35 Å². The van der Waals surface area contributed by atoms with Crippen molar-refractivity contribution in [3.05, 3.63) is 70.2 Å². The molecular formula is C18H11ClN2O5S. The fraction of sp³-hybridized carbons (Fsp3) is 0. The standard InChI is InChI=1S/C18H11ClN2O5S/c19-11-5-1-9(2-6-11)15-13-14(18(23)20-15)16(21-17(13)22)10-3-7-12(8-4-10)27(24,25)26/h1-8,20,23H,(H,24,25,26). The molecule has 136 valence electrons. The van der Waals surface area contributed by atoms with E-state index >= 15 is 0 Å². The average molecular weight is 403 g/mol. The monoisotopic (exact) mass is 402 g/mol. The van der Waals surface area contributed by atoms with Gasteiger partial charge >= 0.3 is 0 Å². The molecular weight excluding hydrogens is 392 g/mol. The fourth-order valence-electron chi connectivity index (χ4n) is 2.97. The van der Waals surface area contributed by atoms with Crippen molar-refractivity contribution in [3.8, 4) is 17.1 Å². The van der Waals surface area contributed by atoms with Crippen LogP contribution in [0.15, 0.2) is 58.4 Å². The fourth-order valence-corrected chi connectivity index (χ4v) is 3.58. The van der Waals surface area contributed by atoms with E-state index in [9.17, 15) is 18.3 Å². The molecule has 27 heavy (non-hydrogen) atoms. The van der Waals surface area contributed by atoms with Gasteiger partial charge < -0.3 is 10.1 Å². The zero-order valence-corrected chi connectivity index (χ0v) is 15.0. The minimum Gasteiger partial charge on any atom is -0.494 e. The van der Waals surface area contributed by atoms with E-state index in [4.69, 9.17) is 16.2 Å². The van der Waals surface area contributed by atoms with Gasteiger partial charge in [-0.05, 0) is 29.8 Å². The van der Waals surface area contributed by atoms with Crippen molar-refractivity contribution in [1.82, 2.24) is 4.98 Å². The highest BCUT2D eigenvalue weighted by molar-refractivity contribution is 7.85. The van der Waals surface area contributed by atoms with E-state index in [0.29, 0.717) is 21.8 Å². The first-order chi connectivity index (χ1) is 12.8. The number of nitrogens with one attached hydrogen (secondary N) is 1. The lowest BCUT2D eigenvalue weighted by molar-refractivity contribution is 0.101. The van der Waals surface area contributed by atoms with Gasteiger partial charge in [0.1, 0.15) is 0 Å². The number of halogens is 1. The smallest absolute Gasteiger partial charge is 0.294 e. The Morgan fingerprint density at radius 2 is 1.52 bits per heavy atom. The van der Waals surface area contributed by atoms with Crippen LogP contribution in [0.25, 0.3) is 11.3 Å². The minimum absolute atomic E-state index is 0.214. The Hall–Kier alpha value is -2.94. The van der Waals surface area contributed by atoms with Gasteiger partial charge in [-0.1, -0.05) is 35.9 Å². The number of fused-ring (bicyclic) bond motifs is 1. The summed E-state index contributed by atoms with van der Waals surface area (Å²) >= 11 is 5.89. The Morgan fingerprint density at radius 3 is 2.11 bits per heavy atom. The molecule has 3 N–H and O–H groups in total. The summed E-state index contributed by atoms with van der Waals surface area (Å²) in [5.41, 5.74) is 2.17. The highest BCUT2D eigenvalue weighted by atomic mass is 35.5. The van der Waals surface area contributed by atoms with Crippen LogP contribution in [0, 0.1) is 0 Å². The molecule has 0 unspecified atom stereocenters. The van der Waals surface area contributed by atoms with Crippen molar-refractivity contribution < 1.29 is 22.9 Å². The highest BCUT2D eigenvalue weighted by Crippen LogP contribution is 2.38. The molecule has 2 aromatic carbocycles. The molecule has 0 atom stereocenters. The molecule has 1 aliphatic heterocycles. The van der Waals surface area contributed by atoms with Crippen molar-refractivity contribution in [1.29, 1.82) is 0 Å². The molecule has 3 aromatic rings. The number of benzene rings is 2. The molecule has 0 bridgehead atoms. The molecule has 0 radical (unpaired) electrons. The normalized spacial score (nSPS) is 13.6. The first kappa shape index (κ1) is 17.5. The Morgan fingerprint density at radius 1 is 0.926 bits per heavy atom. The SMILES string of the molecule is O=C1N=C(c2ccc(S(=O)(=O)O)cc2)c2c(O)[nH]c(-c3ccc(Cl)cc3)c21. The van der Waals surface area contributed by atoms with Gasteiger partial charge in [-0.25, -0.2) is 4.99 Å². The summed E-state index contributed by atoms with van der Waals surface area (Å²) in [6.07, 6.45) is 0. The maximum Gasteiger partial charge on any atom is 0.294 e. The second-order valence-corrected chi connectivity index (χ2v) is 7.73. The number of carbonyl (C=O) groups is 1. The zero-order chi connectivity index (χ0) is 19.3. The van der Waals surface area contributed by atoms with Crippen LogP contribution in [0.5, 0.6) is 5.88 Å². The number of nitrogens with zero attached hydrogens (tertiary/aromatic N) is 1. The van der Waals surface area contributed by atoms with Crippen molar-refractivity contribution in [3.63, 3.8) is 0 Å². The predicted molar refractivity (Wildman–Crippen MR) is 99.1 cm³/mol. The van der Waals surface area contributed by atoms with E-state index in [1.165, 1.54) is 24.3 Å². The lowest BCUT2D eigenvalue weighted by atomic mass is 10.0. The minimum atomic E-state index is -4.33. The largest absolute Gasteiger partial charge is 0.494 e. The van der Waals surface area contributed by atoms with Gasteiger partial charge in [0.05, 0.1) is 27.4 Å². The van der Waals surface area contributed by atoms with Gasteiger partial charge in [0.2, 0.25) is 0 Å². The number of hydrogen-bond acceptors (Lipinski definition) is 4. The third-order valence-corrected chi connectivity index (χ3v) is 5.32. The molecule has 4 rings (SSSR count). The summed E-state index contributed by atoms with van der Waals surface area (Å²) in [6, 6.07) is 11.9. The molecule has 0 saturated carbocycles. The van der Waals surface area contributed by atoms with E-state index in [0.717, 1.165) is 0 Å². The quantitative estimate of drug-likeness (QED) is 0.581. The van der Waals surface area contributed by atoms with E-state index in [-0.39, 0.29) is 27.6 Å². The second-order valence-electron chi connectivity index (χ2n) is 5.87. The number of H-pyrrole nitrogens is 1.